The minimum atomic E-state index is -1.04. The molecule has 3 aromatic heterocycles. The standard InChI is InChI=1S/C48H67N9O6S/c1-12-56-39-18-17-31-21-34(39)35(43(56)33-15-13-19-49-41(33)30(5)62-11)23-48(6,7)27-63-46(60)36-16-14-20-57(52-36)45(59)37(22-40-50-38(31)26-64-40)51-44(58)42(28(2)3)54(10)47(61)55-24-32(25-55)29(4)53(8)9/h13,15,17-19,21,26,28-30,32,36-37,42,52H,12,14,16,20,22-25,27H2,1-11H3,(H,51,58)/t29-,30+,36+,37+,42+/m1/s1. The smallest absolute Gasteiger partial charge is 0.324 e. The third kappa shape index (κ3) is 9.56. The van der Waals surface area contributed by atoms with Crippen LogP contribution in [-0.4, -0.2) is 137 Å². The SMILES string of the molecule is CCn1c(-c2cccnc2[C@H](C)OC)c2c3cc(ccc31)-c1csc(n1)C[C@H](NC(=O)[C@H](C(C)C)N(C)C(=O)N1CC([C@@H](C)N(C)C)C1)C(=O)N1CCC[C@H](N1)C(=O)OCC(C)(C)C2. The highest BCUT2D eigenvalue weighted by atomic mass is 32.1. The Morgan fingerprint density at radius 3 is 2.55 bits per heavy atom. The lowest BCUT2D eigenvalue weighted by Crippen LogP contribution is -2.64. The maximum absolute atomic E-state index is 14.6. The van der Waals surface area contributed by atoms with Gasteiger partial charge in [-0.2, -0.15) is 0 Å². The van der Waals surface area contributed by atoms with Crippen LogP contribution in [0.1, 0.15) is 83.7 Å². The zero-order valence-corrected chi connectivity index (χ0v) is 40.3. The van der Waals surface area contributed by atoms with Gasteiger partial charge in [-0.1, -0.05) is 33.8 Å². The highest BCUT2D eigenvalue weighted by Crippen LogP contribution is 2.42. The van der Waals surface area contributed by atoms with Crippen LogP contribution in [0.2, 0.25) is 0 Å². The van der Waals surface area contributed by atoms with Gasteiger partial charge in [0.1, 0.15) is 18.1 Å². The number of carbonyl (C=O) groups excluding carboxylic acids is 4. The molecule has 3 aliphatic heterocycles. The van der Waals surface area contributed by atoms with Crippen LogP contribution in [0.3, 0.4) is 0 Å². The number of cyclic esters (lactones) is 1. The van der Waals surface area contributed by atoms with Gasteiger partial charge in [-0.3, -0.25) is 24.4 Å². The van der Waals surface area contributed by atoms with Crippen molar-refractivity contribution in [2.24, 2.45) is 17.3 Å². The summed E-state index contributed by atoms with van der Waals surface area (Å²) in [5.41, 5.74) is 9.40. The van der Waals surface area contributed by atoms with Crippen molar-refractivity contribution in [3.8, 4) is 22.5 Å². The van der Waals surface area contributed by atoms with Gasteiger partial charge >= 0.3 is 12.0 Å². The highest BCUT2D eigenvalue weighted by molar-refractivity contribution is 7.10. The predicted octanol–water partition coefficient (Wildman–Crippen LogP) is 6.16. The molecule has 2 fully saturated rings. The van der Waals surface area contributed by atoms with Crippen LogP contribution < -0.4 is 10.7 Å². The molecular weight excluding hydrogens is 831 g/mol. The van der Waals surface area contributed by atoms with E-state index in [9.17, 15) is 19.2 Å². The molecule has 6 heterocycles. The van der Waals surface area contributed by atoms with Crippen molar-refractivity contribution in [1.82, 2.24) is 45.0 Å². The third-order valence-corrected chi connectivity index (χ3v) is 14.3. The molecule has 64 heavy (non-hydrogen) atoms. The van der Waals surface area contributed by atoms with Crippen LogP contribution >= 0.6 is 11.3 Å². The number of ether oxygens (including phenoxy) is 2. The summed E-state index contributed by atoms with van der Waals surface area (Å²) < 4.78 is 14.3. The molecule has 0 unspecified atom stereocenters. The molecule has 4 aromatic rings. The zero-order chi connectivity index (χ0) is 46.2. The topological polar surface area (TPSA) is 154 Å². The van der Waals surface area contributed by atoms with Gasteiger partial charge in [0.05, 0.1) is 34.8 Å². The van der Waals surface area contributed by atoms with Gasteiger partial charge < -0.3 is 34.1 Å². The Kier molecular flexibility index (Phi) is 14.2. The molecule has 0 aliphatic carbocycles. The molecule has 5 atom stereocenters. The minimum absolute atomic E-state index is 0.112. The molecule has 1 aromatic carbocycles. The average Bonchev–Trinajstić information content (AvgIpc) is 3.85. The lowest BCUT2D eigenvalue weighted by molar-refractivity contribution is -0.155. The van der Waals surface area contributed by atoms with Crippen molar-refractivity contribution in [2.45, 2.75) is 111 Å². The number of rotatable bonds is 10. The number of fused-ring (bicyclic) bond motifs is 6. The number of hydrogen-bond acceptors (Lipinski definition) is 11. The van der Waals surface area contributed by atoms with Gasteiger partial charge in [0.15, 0.2) is 0 Å². The summed E-state index contributed by atoms with van der Waals surface area (Å²) in [5.74, 6) is -1.16. The van der Waals surface area contributed by atoms with Crippen molar-refractivity contribution in [2.75, 3.05) is 54.5 Å². The second-order valence-corrected chi connectivity index (χ2v) is 20.2. The number of nitrogens with zero attached hydrogens (tertiary/aromatic N) is 7. The van der Waals surface area contributed by atoms with E-state index in [-0.39, 0.29) is 37.0 Å². The van der Waals surface area contributed by atoms with Crippen LogP contribution in [0.15, 0.2) is 41.9 Å². The summed E-state index contributed by atoms with van der Waals surface area (Å²) in [4.78, 5) is 72.0. The second-order valence-electron chi connectivity index (χ2n) is 19.2. The summed E-state index contributed by atoms with van der Waals surface area (Å²) in [5, 5.41) is 8.23. The fourth-order valence-electron chi connectivity index (χ4n) is 9.48. The number of likely N-dealkylation sites (tertiary alicyclic amines) is 1. The maximum Gasteiger partial charge on any atom is 0.324 e. The summed E-state index contributed by atoms with van der Waals surface area (Å²) in [7, 11) is 7.42. The molecular formula is C48H67N9O6S. The quantitative estimate of drug-likeness (QED) is 0.177. The fourth-order valence-corrected chi connectivity index (χ4v) is 10.3. The number of hydrazine groups is 1. The summed E-state index contributed by atoms with van der Waals surface area (Å²) in [6.45, 7) is 16.7. The Bertz CT molecular complexity index is 2350. The van der Waals surface area contributed by atoms with Crippen LogP contribution in [0.5, 0.6) is 0 Å². The number of benzene rings is 1. The van der Waals surface area contributed by atoms with Gasteiger partial charge in [0.2, 0.25) is 5.91 Å². The van der Waals surface area contributed by atoms with Crippen LogP contribution in [0.25, 0.3) is 33.4 Å². The molecule has 3 aliphatic rings. The number of aromatic nitrogens is 3. The monoisotopic (exact) mass is 897 g/mol. The van der Waals surface area contributed by atoms with Gasteiger partial charge in [-0.05, 0) is 89.9 Å². The molecule has 0 saturated carbocycles. The van der Waals surface area contributed by atoms with Crippen molar-refractivity contribution in [3.63, 3.8) is 0 Å². The van der Waals surface area contributed by atoms with Crippen LogP contribution in [-0.2, 0) is 43.2 Å². The van der Waals surface area contributed by atoms with E-state index in [2.05, 4.69) is 72.2 Å². The van der Waals surface area contributed by atoms with E-state index in [0.29, 0.717) is 62.4 Å². The number of carbonyl (C=O) groups is 4. The Balaban J connectivity index is 1.26. The molecule has 0 spiro atoms. The second kappa shape index (κ2) is 19.3. The number of methoxy groups -OCH3 is 1. The molecule has 0 radical (unpaired) electrons. The van der Waals surface area contributed by atoms with Crippen LogP contribution in [0.4, 0.5) is 4.79 Å². The summed E-state index contributed by atoms with van der Waals surface area (Å²) in [6, 6.07) is 7.93. The number of likely N-dealkylation sites (N-methyl/N-ethyl adjacent to an activating group) is 1. The first-order chi connectivity index (χ1) is 30.4. The molecule has 2 N–H and O–H groups in total. The van der Waals surface area contributed by atoms with E-state index < -0.39 is 35.4 Å². The van der Waals surface area contributed by atoms with Crippen molar-refractivity contribution < 1.29 is 28.7 Å². The third-order valence-electron chi connectivity index (χ3n) is 13.5. The minimum Gasteiger partial charge on any atom is -0.464 e. The van der Waals surface area contributed by atoms with E-state index in [1.807, 2.05) is 46.3 Å². The van der Waals surface area contributed by atoms with E-state index in [1.165, 1.54) is 21.2 Å². The number of amides is 4. The predicted molar refractivity (Wildman–Crippen MR) is 249 cm³/mol. The Morgan fingerprint density at radius 1 is 1.11 bits per heavy atom. The van der Waals surface area contributed by atoms with Crippen LogP contribution in [0, 0.1) is 17.3 Å². The molecule has 2 saturated heterocycles. The Morgan fingerprint density at radius 2 is 1.86 bits per heavy atom. The van der Waals surface area contributed by atoms with Crippen molar-refractivity contribution in [1.29, 1.82) is 0 Å². The Labute approximate surface area is 381 Å². The number of pyridine rings is 1. The first-order valence-electron chi connectivity index (χ1n) is 22.7. The highest BCUT2D eigenvalue weighted by Gasteiger charge is 2.42. The first kappa shape index (κ1) is 47.1. The van der Waals surface area contributed by atoms with E-state index in [1.54, 1.807) is 25.3 Å². The Hall–Kier alpha value is -4.90. The van der Waals surface area contributed by atoms with E-state index >= 15 is 0 Å². The zero-order valence-electron chi connectivity index (χ0n) is 39.4. The average molecular weight is 898 g/mol. The van der Waals surface area contributed by atoms with E-state index in [0.717, 1.165) is 44.7 Å². The number of aryl methyl sites for hydroxylation is 1. The number of urea groups is 1. The first-order valence-corrected chi connectivity index (χ1v) is 23.6. The molecule has 6 bridgehead atoms. The van der Waals surface area contributed by atoms with Gasteiger partial charge in [0, 0.05) is 97.7 Å². The van der Waals surface area contributed by atoms with E-state index in [4.69, 9.17) is 19.4 Å². The van der Waals surface area contributed by atoms with Gasteiger partial charge in [-0.25, -0.2) is 15.2 Å². The summed E-state index contributed by atoms with van der Waals surface area (Å²) in [6.07, 6.45) is 3.30. The summed E-state index contributed by atoms with van der Waals surface area (Å²) >= 11 is 1.43. The van der Waals surface area contributed by atoms with Crippen molar-refractivity contribution in [3.05, 3.63) is 58.2 Å². The normalized spacial score (nSPS) is 21.0. The van der Waals surface area contributed by atoms with Crippen molar-refractivity contribution >= 4 is 46.1 Å². The largest absolute Gasteiger partial charge is 0.464 e. The fraction of sp³-hybridized carbons (Fsp3) is 0.583. The lowest BCUT2D eigenvalue weighted by Gasteiger charge is -2.46. The number of thiazole rings is 1. The molecule has 4 amide bonds. The number of nitrogens with one attached hydrogen (secondary N) is 2. The molecule has 15 nitrogen and oxygen atoms in total. The lowest BCUT2D eigenvalue weighted by atomic mass is 9.84. The number of esters is 1. The maximum atomic E-state index is 14.6. The number of hydrogen-bond donors (Lipinski definition) is 2. The van der Waals surface area contributed by atoms with Gasteiger partial charge in [0.25, 0.3) is 5.91 Å². The molecule has 16 heteroatoms. The van der Waals surface area contributed by atoms with Gasteiger partial charge in [-0.15, -0.1) is 11.3 Å². The molecule has 7 rings (SSSR count). The molecule has 346 valence electrons.